The summed E-state index contributed by atoms with van der Waals surface area (Å²) >= 11 is 6.00. The first-order valence-electron chi connectivity index (χ1n) is 7.25. The van der Waals surface area contributed by atoms with E-state index in [-0.39, 0.29) is 11.1 Å². The molecule has 3 fully saturated rings. The van der Waals surface area contributed by atoms with Gasteiger partial charge in [0.1, 0.15) is 0 Å². The highest BCUT2D eigenvalue weighted by molar-refractivity contribution is 6.32. The van der Waals surface area contributed by atoms with Crippen LogP contribution < -0.4 is 10.6 Å². The third-order valence-corrected chi connectivity index (χ3v) is 5.79. The molecule has 0 spiro atoms. The molecule has 2 N–H and O–H groups in total. The van der Waals surface area contributed by atoms with Crippen LogP contribution in [0.15, 0.2) is 12.1 Å². The largest absolute Gasteiger partial charge is 0.417 e. The number of hydrogen-bond donors (Lipinski definition) is 2. The van der Waals surface area contributed by atoms with E-state index in [1.807, 2.05) is 0 Å². The normalized spacial score (nSPS) is 34.1. The minimum Gasteiger partial charge on any atom is -0.380 e. The zero-order valence-corrected chi connectivity index (χ0v) is 12.1. The molecule has 0 saturated heterocycles. The number of rotatable bonds is 1. The smallest absolute Gasteiger partial charge is 0.380 e. The van der Waals surface area contributed by atoms with Gasteiger partial charge in [-0.05, 0) is 42.7 Å². The summed E-state index contributed by atoms with van der Waals surface area (Å²) in [6.07, 6.45) is -0.673. The predicted octanol–water partition coefficient (Wildman–Crippen LogP) is 4.04. The third kappa shape index (κ3) is 1.97. The maximum Gasteiger partial charge on any atom is 0.417 e. The molecule has 2 bridgehead atoms. The van der Waals surface area contributed by atoms with Gasteiger partial charge in [-0.25, -0.2) is 0 Å². The van der Waals surface area contributed by atoms with Gasteiger partial charge in [0, 0.05) is 30.4 Å². The molecule has 1 atom stereocenters. The monoisotopic (exact) mass is 316 g/mol. The standard InChI is InChI=1S/C15H16ClF3N2/c16-13-9-6-20-7-12(14-3-8(4-14)5-14)21-11(9)2-1-10(13)15(17,18)19/h1-2,8,12,20-21H,3-7H2. The predicted molar refractivity (Wildman–Crippen MR) is 75.3 cm³/mol. The van der Waals surface area contributed by atoms with Crippen LogP contribution in [0.5, 0.6) is 0 Å². The van der Waals surface area contributed by atoms with Crippen molar-refractivity contribution < 1.29 is 13.2 Å². The van der Waals surface area contributed by atoms with E-state index >= 15 is 0 Å². The molecule has 6 heteroatoms. The van der Waals surface area contributed by atoms with Crippen molar-refractivity contribution in [2.24, 2.45) is 11.3 Å². The molecular formula is C15H16ClF3N2. The lowest BCUT2D eigenvalue weighted by Gasteiger charge is -2.65. The first-order valence-corrected chi connectivity index (χ1v) is 7.63. The Kier molecular flexibility index (Phi) is 2.80. The first kappa shape index (κ1) is 13.7. The van der Waals surface area contributed by atoms with Gasteiger partial charge in [-0.1, -0.05) is 11.6 Å². The number of hydrogen-bond acceptors (Lipinski definition) is 2. The van der Waals surface area contributed by atoms with Gasteiger partial charge < -0.3 is 10.6 Å². The van der Waals surface area contributed by atoms with Crippen LogP contribution in [0.25, 0.3) is 0 Å². The summed E-state index contributed by atoms with van der Waals surface area (Å²) < 4.78 is 38.8. The highest BCUT2D eigenvalue weighted by Crippen LogP contribution is 2.66. The van der Waals surface area contributed by atoms with Crippen molar-refractivity contribution in [1.82, 2.24) is 5.32 Å². The first-order chi connectivity index (χ1) is 9.89. The summed E-state index contributed by atoms with van der Waals surface area (Å²) in [5.74, 6) is 0.880. The molecule has 1 unspecified atom stereocenters. The van der Waals surface area contributed by atoms with Gasteiger partial charge in [-0.15, -0.1) is 0 Å². The molecule has 1 heterocycles. The fraction of sp³-hybridized carbons (Fsp3) is 0.600. The van der Waals surface area contributed by atoms with Crippen molar-refractivity contribution in [2.75, 3.05) is 11.9 Å². The van der Waals surface area contributed by atoms with Gasteiger partial charge in [-0.3, -0.25) is 0 Å². The topological polar surface area (TPSA) is 24.1 Å². The summed E-state index contributed by atoms with van der Waals surface area (Å²) in [7, 11) is 0. The fourth-order valence-electron chi connectivity index (χ4n) is 4.07. The van der Waals surface area contributed by atoms with Crippen LogP contribution in [-0.2, 0) is 12.7 Å². The third-order valence-electron chi connectivity index (χ3n) is 5.35. The Morgan fingerprint density at radius 2 is 1.90 bits per heavy atom. The van der Waals surface area contributed by atoms with Gasteiger partial charge in [0.15, 0.2) is 0 Å². The number of fused-ring (bicyclic) bond motifs is 1. The van der Waals surface area contributed by atoms with Crippen molar-refractivity contribution in [1.29, 1.82) is 0 Å². The molecule has 21 heavy (non-hydrogen) atoms. The number of nitrogens with one attached hydrogen (secondary N) is 2. The molecule has 114 valence electrons. The number of alkyl halides is 3. The Morgan fingerprint density at radius 3 is 2.48 bits per heavy atom. The Balaban J connectivity index is 1.67. The SMILES string of the molecule is FC(F)(F)c1ccc2c(c1Cl)CNCC(C13CC(C1)C3)N2. The van der Waals surface area contributed by atoms with Gasteiger partial charge in [0.25, 0.3) is 0 Å². The summed E-state index contributed by atoms with van der Waals surface area (Å²) in [4.78, 5) is 0. The van der Waals surface area contributed by atoms with Gasteiger partial charge in [0.05, 0.1) is 10.6 Å². The lowest BCUT2D eigenvalue weighted by atomic mass is 9.42. The van der Waals surface area contributed by atoms with Crippen molar-refractivity contribution in [3.8, 4) is 0 Å². The summed E-state index contributed by atoms with van der Waals surface area (Å²) in [6, 6.07) is 2.89. The fourth-order valence-corrected chi connectivity index (χ4v) is 4.41. The number of anilines is 1. The van der Waals surface area contributed by atoms with E-state index in [2.05, 4.69) is 10.6 Å². The minimum atomic E-state index is -4.41. The lowest BCUT2D eigenvalue weighted by Crippen LogP contribution is -2.62. The van der Waals surface area contributed by atoms with Crippen LogP contribution >= 0.6 is 11.6 Å². The molecule has 1 aliphatic heterocycles. The average molecular weight is 317 g/mol. The second-order valence-electron chi connectivity index (χ2n) is 6.62. The van der Waals surface area contributed by atoms with Crippen molar-refractivity contribution in [3.63, 3.8) is 0 Å². The van der Waals surface area contributed by atoms with E-state index < -0.39 is 11.7 Å². The van der Waals surface area contributed by atoms with E-state index in [0.717, 1.165) is 24.2 Å². The molecule has 3 aliphatic carbocycles. The molecule has 3 saturated carbocycles. The van der Waals surface area contributed by atoms with Gasteiger partial charge in [-0.2, -0.15) is 13.2 Å². The molecule has 2 nitrogen and oxygen atoms in total. The van der Waals surface area contributed by atoms with E-state index in [0.29, 0.717) is 17.5 Å². The minimum absolute atomic E-state index is 0.182. The Hall–Kier alpha value is -0.940. The Bertz CT molecular complexity index is 582. The average Bonchev–Trinajstić information content (AvgIpc) is 2.46. The summed E-state index contributed by atoms with van der Waals surface area (Å²) in [5, 5.41) is 6.52. The highest BCUT2D eigenvalue weighted by Gasteiger charge is 2.60. The zero-order valence-electron chi connectivity index (χ0n) is 11.4. The highest BCUT2D eigenvalue weighted by atomic mass is 35.5. The Morgan fingerprint density at radius 1 is 1.19 bits per heavy atom. The maximum atomic E-state index is 12.9. The molecule has 0 aromatic heterocycles. The van der Waals surface area contributed by atoms with E-state index in [4.69, 9.17) is 11.6 Å². The van der Waals surface area contributed by atoms with E-state index in [1.165, 1.54) is 25.3 Å². The summed E-state index contributed by atoms with van der Waals surface area (Å²) in [5.41, 5.74) is 0.873. The number of benzene rings is 1. The molecule has 0 amide bonds. The molecular weight excluding hydrogens is 301 g/mol. The molecule has 4 aliphatic rings. The van der Waals surface area contributed by atoms with Gasteiger partial charge >= 0.3 is 6.18 Å². The van der Waals surface area contributed by atoms with Crippen LogP contribution in [0.3, 0.4) is 0 Å². The van der Waals surface area contributed by atoms with Crippen LogP contribution in [0.4, 0.5) is 18.9 Å². The van der Waals surface area contributed by atoms with Crippen LogP contribution in [0, 0.1) is 11.3 Å². The molecule has 5 rings (SSSR count). The molecule has 0 radical (unpaired) electrons. The van der Waals surface area contributed by atoms with Crippen molar-refractivity contribution >= 4 is 17.3 Å². The second-order valence-corrected chi connectivity index (χ2v) is 7.00. The lowest BCUT2D eigenvalue weighted by molar-refractivity contribution is -0.137. The zero-order chi connectivity index (χ0) is 14.8. The van der Waals surface area contributed by atoms with E-state index in [1.54, 1.807) is 0 Å². The van der Waals surface area contributed by atoms with Crippen LogP contribution in [-0.4, -0.2) is 12.6 Å². The summed E-state index contributed by atoms with van der Waals surface area (Å²) in [6.45, 7) is 1.15. The second kappa shape index (κ2) is 4.29. The molecule has 1 aromatic rings. The quantitative estimate of drug-likeness (QED) is 0.817. The van der Waals surface area contributed by atoms with Crippen molar-refractivity contribution in [3.05, 3.63) is 28.3 Å². The maximum absolute atomic E-state index is 12.9. The van der Waals surface area contributed by atoms with Crippen LogP contribution in [0.2, 0.25) is 5.02 Å². The number of halogens is 4. The molecule has 1 aromatic carbocycles. The van der Waals surface area contributed by atoms with Crippen molar-refractivity contribution in [2.45, 2.75) is 38.0 Å². The van der Waals surface area contributed by atoms with E-state index in [9.17, 15) is 13.2 Å². The van der Waals surface area contributed by atoms with Crippen LogP contribution in [0.1, 0.15) is 30.4 Å². The Labute approximate surface area is 126 Å². The van der Waals surface area contributed by atoms with Gasteiger partial charge in [0.2, 0.25) is 0 Å².